The minimum atomic E-state index is -0.401. The van der Waals surface area contributed by atoms with Crippen LogP contribution in [0, 0.1) is 12.7 Å². The molecule has 0 saturated carbocycles. The first-order valence-electron chi connectivity index (χ1n) is 8.22. The maximum atomic E-state index is 13.5. The lowest BCUT2D eigenvalue weighted by molar-refractivity contribution is 0.0954. The number of amides is 1. The van der Waals surface area contributed by atoms with Gasteiger partial charge in [0.1, 0.15) is 17.1 Å². The third-order valence-corrected chi connectivity index (χ3v) is 4.03. The molecule has 134 valence electrons. The Morgan fingerprint density at radius 1 is 1.23 bits per heavy atom. The molecule has 0 fully saturated rings. The first-order valence-corrected chi connectivity index (χ1v) is 8.22. The lowest BCUT2D eigenvalue weighted by Crippen LogP contribution is -2.26. The molecule has 0 aliphatic carbocycles. The van der Waals surface area contributed by atoms with Gasteiger partial charge in [-0.2, -0.15) is 0 Å². The van der Waals surface area contributed by atoms with Gasteiger partial charge in [-0.05, 0) is 43.2 Å². The number of methoxy groups -OCH3 is 1. The van der Waals surface area contributed by atoms with E-state index in [9.17, 15) is 9.18 Å². The molecule has 0 aliphatic heterocycles. The zero-order valence-corrected chi connectivity index (χ0v) is 14.6. The van der Waals surface area contributed by atoms with Gasteiger partial charge in [0.15, 0.2) is 5.76 Å². The van der Waals surface area contributed by atoms with Crippen LogP contribution in [0.4, 0.5) is 4.39 Å². The zero-order chi connectivity index (χ0) is 18.5. The van der Waals surface area contributed by atoms with Crippen LogP contribution in [0.25, 0.3) is 11.3 Å². The van der Waals surface area contributed by atoms with Crippen molar-refractivity contribution in [1.82, 2.24) is 10.5 Å². The van der Waals surface area contributed by atoms with Gasteiger partial charge >= 0.3 is 0 Å². The number of aryl methyl sites for hydroxylation is 1. The molecular formula is C20H19FN2O3. The second kappa shape index (κ2) is 7.82. The number of carbonyl (C=O) groups excluding carboxylic acids is 1. The topological polar surface area (TPSA) is 64.4 Å². The van der Waals surface area contributed by atoms with E-state index in [1.54, 1.807) is 26.2 Å². The van der Waals surface area contributed by atoms with Crippen LogP contribution < -0.4 is 10.1 Å². The maximum Gasteiger partial charge on any atom is 0.257 e. The Morgan fingerprint density at radius 2 is 2.00 bits per heavy atom. The van der Waals surface area contributed by atoms with Gasteiger partial charge in [0.25, 0.3) is 5.91 Å². The Bertz CT molecular complexity index is 904. The number of benzene rings is 2. The van der Waals surface area contributed by atoms with Crippen molar-refractivity contribution in [2.24, 2.45) is 0 Å². The highest BCUT2D eigenvalue weighted by Gasteiger charge is 2.21. The molecule has 3 aromatic rings. The monoisotopic (exact) mass is 354 g/mol. The summed E-state index contributed by atoms with van der Waals surface area (Å²) in [4.78, 5) is 12.6. The molecule has 0 unspecified atom stereocenters. The van der Waals surface area contributed by atoms with Crippen LogP contribution in [0.15, 0.2) is 53.1 Å². The number of nitrogens with one attached hydrogen (secondary N) is 1. The first kappa shape index (κ1) is 17.7. The second-order valence-electron chi connectivity index (χ2n) is 5.84. The second-order valence-corrected chi connectivity index (χ2v) is 5.84. The third kappa shape index (κ3) is 3.91. The average molecular weight is 354 g/mol. The summed E-state index contributed by atoms with van der Waals surface area (Å²) in [6, 6.07) is 13.6. The van der Waals surface area contributed by atoms with E-state index in [1.807, 2.05) is 24.3 Å². The summed E-state index contributed by atoms with van der Waals surface area (Å²) < 4.78 is 23.8. The van der Waals surface area contributed by atoms with E-state index < -0.39 is 5.82 Å². The van der Waals surface area contributed by atoms with Gasteiger partial charge in [0, 0.05) is 12.1 Å². The van der Waals surface area contributed by atoms with Crippen LogP contribution in [0.3, 0.4) is 0 Å². The molecule has 2 aromatic carbocycles. The Morgan fingerprint density at radius 3 is 2.69 bits per heavy atom. The number of rotatable bonds is 6. The van der Waals surface area contributed by atoms with Crippen molar-refractivity contribution in [2.75, 3.05) is 13.7 Å². The van der Waals surface area contributed by atoms with E-state index >= 15 is 0 Å². The lowest BCUT2D eigenvalue weighted by Gasteiger charge is -2.07. The van der Waals surface area contributed by atoms with Crippen LogP contribution in [0.1, 0.15) is 21.6 Å². The number of hydrogen-bond donors (Lipinski definition) is 1. The summed E-state index contributed by atoms with van der Waals surface area (Å²) in [5.41, 5.74) is 2.35. The van der Waals surface area contributed by atoms with Crippen molar-refractivity contribution in [3.63, 3.8) is 0 Å². The normalized spacial score (nSPS) is 10.6. The van der Waals surface area contributed by atoms with Crippen LogP contribution >= 0.6 is 0 Å². The molecule has 0 aliphatic rings. The predicted octanol–water partition coefficient (Wildman–Crippen LogP) is 3.77. The number of halogens is 1. The van der Waals surface area contributed by atoms with Crippen molar-refractivity contribution >= 4 is 5.91 Å². The van der Waals surface area contributed by atoms with E-state index in [2.05, 4.69) is 10.5 Å². The molecule has 1 heterocycles. The van der Waals surface area contributed by atoms with Gasteiger partial charge in [-0.1, -0.05) is 29.4 Å². The smallest absolute Gasteiger partial charge is 0.257 e. The van der Waals surface area contributed by atoms with Crippen molar-refractivity contribution in [3.8, 4) is 17.1 Å². The summed E-state index contributed by atoms with van der Waals surface area (Å²) in [5.74, 6) is 0.362. The molecule has 1 aromatic heterocycles. The molecular weight excluding hydrogens is 335 g/mol. The summed E-state index contributed by atoms with van der Waals surface area (Å²) in [6.07, 6.45) is 0.676. The minimum Gasteiger partial charge on any atom is -0.497 e. The maximum absolute atomic E-state index is 13.5. The number of hydrogen-bond acceptors (Lipinski definition) is 4. The summed E-state index contributed by atoms with van der Waals surface area (Å²) in [6.45, 7) is 2.14. The van der Waals surface area contributed by atoms with Gasteiger partial charge < -0.3 is 14.6 Å². The Labute approximate surface area is 150 Å². The van der Waals surface area contributed by atoms with Crippen LogP contribution in [0.5, 0.6) is 5.75 Å². The van der Waals surface area contributed by atoms with Crippen LogP contribution in [0.2, 0.25) is 0 Å². The molecule has 0 atom stereocenters. The molecule has 0 saturated heterocycles. The predicted molar refractivity (Wildman–Crippen MR) is 95.7 cm³/mol. The fourth-order valence-electron chi connectivity index (χ4n) is 2.66. The standard InChI is InChI=1S/C20H19FN2O3/c1-13-18(19(26-23-13)15-4-3-5-16(21)12-15)20(24)22-11-10-14-6-8-17(25-2)9-7-14/h3-9,12H,10-11H2,1-2H3,(H,22,24). The highest BCUT2D eigenvalue weighted by atomic mass is 19.1. The lowest BCUT2D eigenvalue weighted by atomic mass is 10.1. The largest absolute Gasteiger partial charge is 0.497 e. The Balaban J connectivity index is 1.69. The Hall–Kier alpha value is -3.15. The number of nitrogens with zero attached hydrogens (tertiary/aromatic N) is 1. The van der Waals surface area contributed by atoms with E-state index in [4.69, 9.17) is 9.26 Å². The fourth-order valence-corrected chi connectivity index (χ4v) is 2.66. The summed E-state index contributed by atoms with van der Waals surface area (Å²) in [7, 11) is 1.62. The molecule has 5 nitrogen and oxygen atoms in total. The average Bonchev–Trinajstić information content (AvgIpc) is 3.04. The summed E-state index contributed by atoms with van der Waals surface area (Å²) in [5, 5.41) is 6.72. The first-order chi connectivity index (χ1) is 12.6. The van der Waals surface area contributed by atoms with Gasteiger partial charge in [-0.15, -0.1) is 0 Å². The van der Waals surface area contributed by atoms with E-state index in [0.29, 0.717) is 29.8 Å². The Kier molecular flexibility index (Phi) is 5.31. The van der Waals surface area contributed by atoms with Gasteiger partial charge in [0.2, 0.25) is 0 Å². The molecule has 3 rings (SSSR count). The summed E-state index contributed by atoms with van der Waals surface area (Å²) >= 11 is 0. The molecule has 0 spiro atoms. The number of aromatic nitrogens is 1. The van der Waals surface area contributed by atoms with Gasteiger partial charge in [0.05, 0.1) is 12.8 Å². The SMILES string of the molecule is COc1ccc(CCNC(=O)c2c(C)noc2-c2cccc(F)c2)cc1. The molecule has 1 amide bonds. The van der Waals surface area contributed by atoms with E-state index in [-0.39, 0.29) is 11.7 Å². The molecule has 0 radical (unpaired) electrons. The van der Waals surface area contributed by atoms with Gasteiger partial charge in [-0.25, -0.2) is 4.39 Å². The van der Waals surface area contributed by atoms with E-state index in [0.717, 1.165) is 11.3 Å². The van der Waals surface area contributed by atoms with Crippen molar-refractivity contribution in [1.29, 1.82) is 0 Å². The number of ether oxygens (including phenoxy) is 1. The minimum absolute atomic E-state index is 0.268. The fraction of sp³-hybridized carbons (Fsp3) is 0.200. The molecule has 0 bridgehead atoms. The molecule has 6 heteroatoms. The molecule has 1 N–H and O–H groups in total. The van der Waals surface area contributed by atoms with Crippen LogP contribution in [-0.4, -0.2) is 24.7 Å². The highest BCUT2D eigenvalue weighted by molar-refractivity contribution is 6.00. The van der Waals surface area contributed by atoms with Gasteiger partial charge in [-0.3, -0.25) is 4.79 Å². The molecule has 26 heavy (non-hydrogen) atoms. The zero-order valence-electron chi connectivity index (χ0n) is 14.6. The van der Waals surface area contributed by atoms with Crippen LogP contribution in [-0.2, 0) is 6.42 Å². The van der Waals surface area contributed by atoms with E-state index in [1.165, 1.54) is 12.1 Å². The highest BCUT2D eigenvalue weighted by Crippen LogP contribution is 2.26. The third-order valence-electron chi connectivity index (χ3n) is 4.03. The van der Waals surface area contributed by atoms with Crippen molar-refractivity contribution < 1.29 is 18.4 Å². The number of carbonyl (C=O) groups is 1. The van der Waals surface area contributed by atoms with Crippen molar-refractivity contribution in [3.05, 3.63) is 71.2 Å². The van der Waals surface area contributed by atoms with Crippen molar-refractivity contribution in [2.45, 2.75) is 13.3 Å². The quantitative estimate of drug-likeness (QED) is 0.732.